The smallest absolute Gasteiger partial charge is 0.338 e. The van der Waals surface area contributed by atoms with E-state index in [0.29, 0.717) is 0 Å². The number of epoxide rings is 1. The first-order valence-corrected chi connectivity index (χ1v) is 11.3. The van der Waals surface area contributed by atoms with E-state index in [1.807, 2.05) is 0 Å². The van der Waals surface area contributed by atoms with Gasteiger partial charge in [-0.2, -0.15) is 0 Å². The lowest BCUT2D eigenvalue weighted by Crippen LogP contribution is -2.40. The zero-order chi connectivity index (χ0) is 26.9. The van der Waals surface area contributed by atoms with Gasteiger partial charge in [0.2, 0.25) is 0 Å². The number of rotatable bonds is 4. The minimum atomic E-state index is -1.64. The molecule has 2 aliphatic heterocycles. The van der Waals surface area contributed by atoms with Gasteiger partial charge in [-0.15, -0.1) is 0 Å². The Morgan fingerprint density at radius 3 is 2.33 bits per heavy atom. The molecule has 3 aliphatic rings. The number of carbonyl (C=O) groups excluding carboxylic acids is 6. The summed E-state index contributed by atoms with van der Waals surface area (Å²) < 4.78 is 26.4. The lowest BCUT2D eigenvalue weighted by Gasteiger charge is -2.29. The second kappa shape index (κ2) is 10.2. The van der Waals surface area contributed by atoms with Crippen molar-refractivity contribution >= 4 is 35.4 Å². The summed E-state index contributed by atoms with van der Waals surface area (Å²) in [4.78, 5) is 75.3. The largest absolute Gasteiger partial charge is 0.466 e. The third-order valence-electron chi connectivity index (χ3n) is 6.29. The Morgan fingerprint density at radius 2 is 1.75 bits per heavy atom. The molecule has 0 aromatic heterocycles. The summed E-state index contributed by atoms with van der Waals surface area (Å²) in [6.07, 6.45) is -2.20. The quantitative estimate of drug-likeness (QED) is 0.234. The van der Waals surface area contributed by atoms with E-state index < -0.39 is 71.4 Å². The van der Waals surface area contributed by atoms with Crippen LogP contribution in [0.5, 0.6) is 0 Å². The number of methoxy groups -OCH3 is 1. The predicted octanol–water partition coefficient (Wildman–Crippen LogP) is 1.08. The predicted molar refractivity (Wildman–Crippen MR) is 120 cm³/mol. The zero-order valence-corrected chi connectivity index (χ0v) is 20.7. The minimum absolute atomic E-state index is 0.0247. The number of hydrogen-bond acceptors (Lipinski definition) is 11. The zero-order valence-electron chi connectivity index (χ0n) is 20.7. The average molecular weight is 504 g/mol. The summed E-state index contributed by atoms with van der Waals surface area (Å²) in [6, 6.07) is 0. The third kappa shape index (κ3) is 5.62. The second-order valence-electron chi connectivity index (χ2n) is 9.16. The van der Waals surface area contributed by atoms with Gasteiger partial charge in [0, 0.05) is 38.2 Å². The fourth-order valence-corrected chi connectivity index (χ4v) is 4.48. The molecule has 0 N–H and O–H groups in total. The molecular formula is C25H28O11. The average Bonchev–Trinajstić information content (AvgIpc) is 3.32. The fraction of sp³-hybridized carbons (Fsp3) is 0.520. The van der Waals surface area contributed by atoms with E-state index in [2.05, 4.69) is 6.58 Å². The SMILES string of the molecule is C=C(C(=O)OC)[C@@H]1C[C@H](OC(C)=O)C2=C[C@H](C[C@@]3(C)O[C@H]3C(=O)/C=C(/C)C(=O)[C@H]1OC(C)=O)OC2=O. The highest BCUT2D eigenvalue weighted by atomic mass is 16.6. The summed E-state index contributed by atoms with van der Waals surface area (Å²) in [6.45, 7) is 8.94. The number of ether oxygens (including phenoxy) is 5. The summed E-state index contributed by atoms with van der Waals surface area (Å²) in [7, 11) is 1.10. The van der Waals surface area contributed by atoms with E-state index >= 15 is 0 Å². The highest BCUT2D eigenvalue weighted by Gasteiger charge is 2.58. The van der Waals surface area contributed by atoms with E-state index in [0.717, 1.165) is 27.0 Å². The molecule has 2 heterocycles. The van der Waals surface area contributed by atoms with Crippen molar-refractivity contribution in [2.45, 2.75) is 70.6 Å². The molecule has 0 amide bonds. The number of hydrogen-bond donors (Lipinski definition) is 0. The number of fused-ring (bicyclic) bond motifs is 2. The normalized spacial score (nSPS) is 33.6. The lowest BCUT2D eigenvalue weighted by atomic mass is 9.82. The Labute approximate surface area is 207 Å². The first-order chi connectivity index (χ1) is 16.8. The second-order valence-corrected chi connectivity index (χ2v) is 9.16. The van der Waals surface area contributed by atoms with Crippen LogP contribution in [0.4, 0.5) is 0 Å². The Bertz CT molecular complexity index is 1100. The molecule has 6 atom stereocenters. The van der Waals surface area contributed by atoms with Crippen molar-refractivity contribution in [1.29, 1.82) is 0 Å². The maximum Gasteiger partial charge on any atom is 0.338 e. The van der Waals surface area contributed by atoms with Gasteiger partial charge in [-0.25, -0.2) is 9.59 Å². The minimum Gasteiger partial charge on any atom is -0.466 e. The number of Topliss-reactive ketones (excluding diaryl/α,β-unsaturated/α-hetero) is 1. The van der Waals surface area contributed by atoms with E-state index in [1.54, 1.807) is 6.92 Å². The van der Waals surface area contributed by atoms with Gasteiger partial charge in [0.25, 0.3) is 0 Å². The van der Waals surface area contributed by atoms with Crippen LogP contribution in [0.25, 0.3) is 0 Å². The maximum absolute atomic E-state index is 13.4. The van der Waals surface area contributed by atoms with Crippen LogP contribution < -0.4 is 0 Å². The molecule has 0 unspecified atom stereocenters. The fourth-order valence-electron chi connectivity index (χ4n) is 4.48. The van der Waals surface area contributed by atoms with Gasteiger partial charge in [0.15, 0.2) is 17.7 Å². The summed E-state index contributed by atoms with van der Waals surface area (Å²) in [5, 5.41) is 0. The van der Waals surface area contributed by atoms with E-state index in [1.165, 1.54) is 13.0 Å². The van der Waals surface area contributed by atoms with Crippen molar-refractivity contribution in [1.82, 2.24) is 0 Å². The van der Waals surface area contributed by atoms with Crippen LogP contribution in [0, 0.1) is 5.92 Å². The molecule has 11 heteroatoms. The van der Waals surface area contributed by atoms with Gasteiger partial charge in [0.1, 0.15) is 23.9 Å². The molecular weight excluding hydrogens is 476 g/mol. The van der Waals surface area contributed by atoms with Crippen LogP contribution in [0.15, 0.2) is 35.5 Å². The molecule has 0 aromatic carbocycles. The van der Waals surface area contributed by atoms with Crippen LogP contribution in [-0.4, -0.2) is 72.6 Å². The van der Waals surface area contributed by atoms with E-state index in [-0.39, 0.29) is 29.6 Å². The Morgan fingerprint density at radius 1 is 1.11 bits per heavy atom. The number of esters is 4. The number of carbonyl (C=O) groups is 6. The molecule has 0 aromatic rings. The Kier molecular flexibility index (Phi) is 7.63. The van der Waals surface area contributed by atoms with Crippen molar-refractivity contribution in [2.24, 2.45) is 5.92 Å². The van der Waals surface area contributed by atoms with Crippen molar-refractivity contribution in [2.75, 3.05) is 7.11 Å². The van der Waals surface area contributed by atoms with Gasteiger partial charge in [-0.05, 0) is 31.6 Å². The summed E-state index contributed by atoms with van der Waals surface area (Å²) >= 11 is 0. The van der Waals surface area contributed by atoms with Crippen molar-refractivity contribution in [3.63, 3.8) is 0 Å². The first-order valence-electron chi connectivity index (χ1n) is 11.3. The van der Waals surface area contributed by atoms with E-state index in [4.69, 9.17) is 23.7 Å². The molecule has 1 fully saturated rings. The van der Waals surface area contributed by atoms with Crippen LogP contribution in [0.2, 0.25) is 0 Å². The topological polar surface area (TPSA) is 152 Å². The van der Waals surface area contributed by atoms with Gasteiger partial charge in [0.05, 0.1) is 12.7 Å². The van der Waals surface area contributed by atoms with E-state index in [9.17, 15) is 28.8 Å². The Balaban J connectivity index is 2.16. The van der Waals surface area contributed by atoms with Gasteiger partial charge >= 0.3 is 23.9 Å². The van der Waals surface area contributed by atoms with Gasteiger partial charge < -0.3 is 23.7 Å². The maximum atomic E-state index is 13.4. The van der Waals surface area contributed by atoms with Crippen LogP contribution in [-0.2, 0) is 52.5 Å². The molecule has 0 spiro atoms. The van der Waals surface area contributed by atoms with Crippen molar-refractivity contribution in [3.05, 3.63) is 35.5 Å². The third-order valence-corrected chi connectivity index (χ3v) is 6.29. The molecule has 1 saturated heterocycles. The molecule has 194 valence electrons. The highest BCUT2D eigenvalue weighted by Crippen LogP contribution is 2.43. The highest BCUT2D eigenvalue weighted by molar-refractivity contribution is 6.07. The van der Waals surface area contributed by atoms with Crippen molar-refractivity contribution < 1.29 is 52.5 Å². The van der Waals surface area contributed by atoms with Crippen molar-refractivity contribution in [3.8, 4) is 0 Å². The van der Waals surface area contributed by atoms with Crippen LogP contribution >= 0.6 is 0 Å². The molecule has 0 saturated carbocycles. The first kappa shape index (κ1) is 27.0. The molecule has 11 nitrogen and oxygen atoms in total. The van der Waals surface area contributed by atoms with Crippen LogP contribution in [0.3, 0.4) is 0 Å². The standard InChI is InChI=1S/C25H28O11/c1-11-7-18(28)22-25(5,36-22)10-15-8-17(24(31)35-15)19(33-13(3)26)9-16(12(2)23(30)32-6)21(20(11)29)34-14(4)27/h7-8,15-16,19,21-22H,2,9-10H2,1,3-6H3/b11-7-/t15-,16+,19+,21+,22+,25-/m1/s1. The monoisotopic (exact) mass is 504 g/mol. The number of ketones is 2. The summed E-state index contributed by atoms with van der Waals surface area (Å²) in [5.41, 5.74) is -1.28. The molecule has 3 rings (SSSR count). The molecule has 2 bridgehead atoms. The molecule has 1 aliphatic carbocycles. The van der Waals surface area contributed by atoms with Gasteiger partial charge in [-0.1, -0.05) is 6.58 Å². The van der Waals surface area contributed by atoms with Gasteiger partial charge in [-0.3, -0.25) is 19.2 Å². The molecule has 0 radical (unpaired) electrons. The lowest BCUT2D eigenvalue weighted by molar-refractivity contribution is -0.157. The molecule has 36 heavy (non-hydrogen) atoms. The summed E-state index contributed by atoms with van der Waals surface area (Å²) in [5.74, 6) is -5.83. The Hall–Kier alpha value is -3.60. The van der Waals surface area contributed by atoms with Crippen LogP contribution in [0.1, 0.15) is 40.5 Å².